The zero-order chi connectivity index (χ0) is 18.9. The second kappa shape index (κ2) is 7.87. The molecule has 148 valence electrons. The summed E-state index contributed by atoms with van der Waals surface area (Å²) in [5.41, 5.74) is 1.61. The number of carbonyl (C=O) groups is 2. The molecular weight excluding hydrogens is 368 g/mol. The molecule has 1 aromatic heterocycles. The van der Waals surface area contributed by atoms with E-state index in [4.69, 9.17) is 14.2 Å². The van der Waals surface area contributed by atoms with Gasteiger partial charge in [-0.1, -0.05) is 0 Å². The second-order valence-corrected chi connectivity index (χ2v) is 8.44. The van der Waals surface area contributed by atoms with Crippen molar-refractivity contribution in [1.29, 1.82) is 0 Å². The van der Waals surface area contributed by atoms with Gasteiger partial charge < -0.3 is 19.5 Å². The highest BCUT2D eigenvalue weighted by Gasteiger charge is 2.40. The summed E-state index contributed by atoms with van der Waals surface area (Å²) >= 11 is 1.52. The van der Waals surface area contributed by atoms with Gasteiger partial charge in [0.1, 0.15) is 5.00 Å². The Morgan fingerprint density at radius 2 is 1.89 bits per heavy atom. The summed E-state index contributed by atoms with van der Waals surface area (Å²) in [6.07, 6.45) is 5.60. The molecule has 3 aliphatic rings. The fraction of sp³-hybridized carbons (Fsp3) is 0.684. The van der Waals surface area contributed by atoms with Gasteiger partial charge in [0.15, 0.2) is 5.79 Å². The van der Waals surface area contributed by atoms with Crippen molar-refractivity contribution in [3.8, 4) is 0 Å². The van der Waals surface area contributed by atoms with Crippen LogP contribution in [-0.4, -0.2) is 62.5 Å². The van der Waals surface area contributed by atoms with Crippen LogP contribution in [0.4, 0.5) is 5.00 Å². The molecule has 2 fully saturated rings. The molecule has 0 radical (unpaired) electrons. The van der Waals surface area contributed by atoms with Crippen LogP contribution in [-0.2, 0) is 31.8 Å². The standard InChI is InChI=1S/C19H26N2O5S/c1-24-18(23)16-13-4-2-3-5-14(13)27-17(16)20-15(22)12-21-8-6-19(7-9-21)25-10-11-26-19/h2-12H2,1H3,(H,20,22). The second-order valence-electron chi connectivity index (χ2n) is 7.34. The normalized spacial score (nSPS) is 21.8. The first-order chi connectivity index (χ1) is 13.1. The molecule has 4 rings (SSSR count). The van der Waals surface area contributed by atoms with Gasteiger partial charge in [-0.2, -0.15) is 0 Å². The van der Waals surface area contributed by atoms with E-state index in [9.17, 15) is 9.59 Å². The lowest BCUT2D eigenvalue weighted by Gasteiger charge is -2.37. The number of nitrogens with one attached hydrogen (secondary N) is 1. The number of esters is 1. The molecule has 1 aromatic rings. The number of nitrogens with zero attached hydrogens (tertiary/aromatic N) is 1. The molecule has 0 aromatic carbocycles. The molecule has 1 N–H and O–H groups in total. The van der Waals surface area contributed by atoms with Gasteiger partial charge in [0.2, 0.25) is 5.91 Å². The minimum atomic E-state index is -0.433. The monoisotopic (exact) mass is 394 g/mol. The Balaban J connectivity index is 1.40. The van der Waals surface area contributed by atoms with Gasteiger partial charge in [-0.15, -0.1) is 11.3 Å². The highest BCUT2D eigenvalue weighted by Crippen LogP contribution is 2.38. The number of hydrogen-bond donors (Lipinski definition) is 1. The maximum Gasteiger partial charge on any atom is 0.341 e. The quantitative estimate of drug-likeness (QED) is 0.789. The van der Waals surface area contributed by atoms with E-state index in [-0.39, 0.29) is 11.9 Å². The van der Waals surface area contributed by atoms with E-state index in [2.05, 4.69) is 10.2 Å². The average Bonchev–Trinajstić information content (AvgIpc) is 3.27. The largest absolute Gasteiger partial charge is 0.465 e. The molecule has 1 spiro atoms. The number of ether oxygens (including phenoxy) is 3. The number of amides is 1. The molecule has 0 unspecified atom stereocenters. The van der Waals surface area contributed by atoms with Crippen molar-refractivity contribution in [3.63, 3.8) is 0 Å². The van der Waals surface area contributed by atoms with Crippen LogP contribution in [0.2, 0.25) is 0 Å². The number of anilines is 1. The molecule has 0 atom stereocenters. The van der Waals surface area contributed by atoms with Crippen LogP contribution < -0.4 is 5.32 Å². The fourth-order valence-corrected chi connectivity index (χ4v) is 5.47. The number of methoxy groups -OCH3 is 1. The van der Waals surface area contributed by atoms with Gasteiger partial charge in [-0.05, 0) is 31.2 Å². The van der Waals surface area contributed by atoms with Crippen molar-refractivity contribution in [2.45, 2.75) is 44.3 Å². The van der Waals surface area contributed by atoms with Gasteiger partial charge in [-0.25, -0.2) is 4.79 Å². The topological polar surface area (TPSA) is 77.1 Å². The Morgan fingerprint density at radius 3 is 2.59 bits per heavy atom. The Hall–Kier alpha value is -1.48. The summed E-state index contributed by atoms with van der Waals surface area (Å²) in [5.74, 6) is -0.888. The molecule has 2 saturated heterocycles. The van der Waals surface area contributed by atoms with Gasteiger partial charge >= 0.3 is 5.97 Å². The highest BCUT2D eigenvalue weighted by molar-refractivity contribution is 7.17. The van der Waals surface area contributed by atoms with Crippen molar-refractivity contribution in [1.82, 2.24) is 4.90 Å². The van der Waals surface area contributed by atoms with Crippen molar-refractivity contribution in [3.05, 3.63) is 16.0 Å². The van der Waals surface area contributed by atoms with E-state index in [1.54, 1.807) is 0 Å². The van der Waals surface area contributed by atoms with Crippen LogP contribution in [0.1, 0.15) is 46.5 Å². The summed E-state index contributed by atoms with van der Waals surface area (Å²) in [7, 11) is 1.39. The summed E-state index contributed by atoms with van der Waals surface area (Å²) < 4.78 is 16.4. The maximum atomic E-state index is 12.6. The van der Waals surface area contributed by atoms with Gasteiger partial charge in [0.25, 0.3) is 0 Å². The van der Waals surface area contributed by atoms with Crippen LogP contribution in [0.5, 0.6) is 0 Å². The minimum Gasteiger partial charge on any atom is -0.465 e. The SMILES string of the molecule is COC(=O)c1c(NC(=O)CN2CCC3(CC2)OCCO3)sc2c1CCCC2. The van der Waals surface area contributed by atoms with Crippen LogP contribution >= 0.6 is 11.3 Å². The van der Waals surface area contributed by atoms with E-state index < -0.39 is 5.79 Å². The molecule has 3 heterocycles. The van der Waals surface area contributed by atoms with Crippen molar-refractivity contribution in [2.75, 3.05) is 45.3 Å². The molecule has 7 nitrogen and oxygen atoms in total. The fourth-order valence-electron chi connectivity index (χ4n) is 4.18. The third-order valence-electron chi connectivity index (χ3n) is 5.61. The predicted octanol–water partition coefficient (Wildman–Crippen LogP) is 2.19. The molecule has 0 saturated carbocycles. The number of hydrogen-bond acceptors (Lipinski definition) is 7. The third kappa shape index (κ3) is 3.89. The van der Waals surface area contributed by atoms with Crippen LogP contribution in [0.3, 0.4) is 0 Å². The van der Waals surface area contributed by atoms with Crippen molar-refractivity contribution >= 4 is 28.2 Å². The first-order valence-electron chi connectivity index (χ1n) is 9.63. The maximum absolute atomic E-state index is 12.6. The van der Waals surface area contributed by atoms with Crippen LogP contribution in [0.25, 0.3) is 0 Å². The first kappa shape index (κ1) is 18.9. The molecule has 1 aliphatic carbocycles. The number of thiophene rings is 1. The summed E-state index contributed by atoms with van der Waals surface area (Å²) in [6, 6.07) is 0. The molecular formula is C19H26N2O5S. The third-order valence-corrected chi connectivity index (χ3v) is 6.82. The lowest BCUT2D eigenvalue weighted by Crippen LogP contribution is -2.47. The van der Waals surface area contributed by atoms with E-state index in [0.29, 0.717) is 30.3 Å². The zero-order valence-electron chi connectivity index (χ0n) is 15.7. The summed E-state index contributed by atoms with van der Waals surface area (Å²) in [4.78, 5) is 28.2. The zero-order valence-corrected chi connectivity index (χ0v) is 16.5. The Bertz CT molecular complexity index is 716. The molecule has 27 heavy (non-hydrogen) atoms. The Morgan fingerprint density at radius 1 is 1.19 bits per heavy atom. The number of carbonyl (C=O) groups excluding carboxylic acids is 2. The van der Waals surface area contributed by atoms with E-state index in [0.717, 1.165) is 57.2 Å². The lowest BCUT2D eigenvalue weighted by atomic mass is 9.95. The van der Waals surface area contributed by atoms with E-state index in [1.807, 2.05) is 0 Å². The minimum absolute atomic E-state index is 0.0945. The smallest absolute Gasteiger partial charge is 0.341 e. The van der Waals surface area contributed by atoms with Crippen LogP contribution in [0, 0.1) is 0 Å². The summed E-state index contributed by atoms with van der Waals surface area (Å²) in [6.45, 7) is 3.13. The number of aryl methyl sites for hydroxylation is 1. The average molecular weight is 394 g/mol. The van der Waals surface area contributed by atoms with Crippen molar-refractivity contribution < 1.29 is 23.8 Å². The number of fused-ring (bicyclic) bond motifs is 1. The van der Waals surface area contributed by atoms with E-state index >= 15 is 0 Å². The number of rotatable bonds is 4. The molecule has 0 bridgehead atoms. The van der Waals surface area contributed by atoms with Gasteiger partial charge in [-0.3, -0.25) is 9.69 Å². The van der Waals surface area contributed by atoms with Gasteiger partial charge in [0.05, 0.1) is 32.4 Å². The van der Waals surface area contributed by atoms with Gasteiger partial charge in [0, 0.05) is 30.8 Å². The number of piperidine rings is 1. The first-order valence-corrected chi connectivity index (χ1v) is 10.4. The predicted molar refractivity (Wildman–Crippen MR) is 101 cm³/mol. The summed E-state index contributed by atoms with van der Waals surface area (Å²) in [5, 5.41) is 3.60. The van der Waals surface area contributed by atoms with Crippen molar-refractivity contribution in [2.24, 2.45) is 0 Å². The Labute approximate surface area is 163 Å². The highest BCUT2D eigenvalue weighted by atomic mass is 32.1. The Kier molecular flexibility index (Phi) is 5.50. The molecule has 2 aliphatic heterocycles. The lowest BCUT2D eigenvalue weighted by molar-refractivity contribution is -0.185. The number of likely N-dealkylation sites (tertiary alicyclic amines) is 1. The molecule has 1 amide bonds. The van der Waals surface area contributed by atoms with E-state index in [1.165, 1.54) is 23.3 Å². The van der Waals surface area contributed by atoms with Crippen LogP contribution in [0.15, 0.2) is 0 Å². The molecule has 8 heteroatoms.